The lowest BCUT2D eigenvalue weighted by Gasteiger charge is -2.30. The molecule has 1 aromatic rings. The molecule has 1 aliphatic carbocycles. The van der Waals surface area contributed by atoms with Gasteiger partial charge in [0.1, 0.15) is 23.4 Å². The van der Waals surface area contributed by atoms with E-state index >= 15 is 0 Å². The third-order valence-corrected chi connectivity index (χ3v) is 5.81. The highest BCUT2D eigenvalue weighted by Crippen LogP contribution is 2.36. The molecule has 29 heavy (non-hydrogen) atoms. The summed E-state index contributed by atoms with van der Waals surface area (Å²) < 4.78 is 5.35. The molecule has 0 spiro atoms. The van der Waals surface area contributed by atoms with Gasteiger partial charge in [-0.3, -0.25) is 14.4 Å². The number of ether oxygens (including phenoxy) is 1. The smallest absolute Gasteiger partial charge is 0.268 e. The molecular formula is C20H29N3O6. The zero-order valence-electron chi connectivity index (χ0n) is 16.5. The molecule has 1 saturated heterocycles. The van der Waals surface area contributed by atoms with Crippen LogP contribution < -0.4 is 16.2 Å². The minimum Gasteiger partial charge on any atom is -0.394 e. The van der Waals surface area contributed by atoms with Crippen LogP contribution in [0.25, 0.3) is 0 Å². The number of aliphatic hydroxyl groups is 2. The number of rotatable bonds is 9. The number of amides is 2. The number of nitrogens with one attached hydrogen (secondary N) is 3. The van der Waals surface area contributed by atoms with Crippen LogP contribution >= 0.6 is 0 Å². The number of carbonyl (C=O) groups excluding carboxylic acids is 2. The minimum atomic E-state index is -1.21. The van der Waals surface area contributed by atoms with Gasteiger partial charge in [0, 0.05) is 6.07 Å². The summed E-state index contributed by atoms with van der Waals surface area (Å²) in [5.74, 6) is -0.860. The summed E-state index contributed by atoms with van der Waals surface area (Å²) in [7, 11) is 0. The van der Waals surface area contributed by atoms with E-state index in [0.29, 0.717) is 18.9 Å². The lowest BCUT2D eigenvalue weighted by Crippen LogP contribution is -2.56. The van der Waals surface area contributed by atoms with E-state index in [1.807, 2.05) is 0 Å². The second kappa shape index (κ2) is 9.06. The standard InChI is InChI=1S/C20H29N3O6/c1-20(11-29-20)17(26)14(9-12-5-2-3-6-12)22-19(28)15(10-24)23-18(27)13-7-4-8-16(25)21-13/h4,7-8,12,14-15,17,24,26H,2-3,5-6,9-11H2,1H3,(H,21,25)(H,22,28)(H,23,27). The van der Waals surface area contributed by atoms with Crippen molar-refractivity contribution in [2.45, 2.75) is 62.8 Å². The molecule has 2 fully saturated rings. The zero-order valence-corrected chi connectivity index (χ0v) is 16.5. The number of hydrogen-bond acceptors (Lipinski definition) is 6. The average Bonchev–Trinajstić information content (AvgIpc) is 3.24. The Morgan fingerprint density at radius 2 is 2.00 bits per heavy atom. The molecule has 2 aliphatic rings. The Bertz CT molecular complexity index is 784. The summed E-state index contributed by atoms with van der Waals surface area (Å²) in [5.41, 5.74) is -1.14. The van der Waals surface area contributed by atoms with Gasteiger partial charge in [0.15, 0.2) is 0 Å². The predicted molar refractivity (Wildman–Crippen MR) is 104 cm³/mol. The van der Waals surface area contributed by atoms with Gasteiger partial charge in [0.2, 0.25) is 11.5 Å². The number of aromatic nitrogens is 1. The van der Waals surface area contributed by atoms with Crippen LogP contribution in [0.3, 0.4) is 0 Å². The quantitative estimate of drug-likeness (QED) is 0.355. The van der Waals surface area contributed by atoms with Gasteiger partial charge in [0.25, 0.3) is 5.91 Å². The molecule has 0 aromatic carbocycles. The van der Waals surface area contributed by atoms with E-state index in [9.17, 15) is 24.6 Å². The van der Waals surface area contributed by atoms with Gasteiger partial charge in [-0.25, -0.2) is 0 Å². The van der Waals surface area contributed by atoms with Crippen molar-refractivity contribution in [3.63, 3.8) is 0 Å². The van der Waals surface area contributed by atoms with Gasteiger partial charge in [-0.15, -0.1) is 0 Å². The SMILES string of the molecule is CC1(C(O)C(CC2CCCC2)NC(=O)C(CO)NC(=O)c2cccc(=O)[nH]2)CO1. The van der Waals surface area contributed by atoms with E-state index in [1.54, 1.807) is 6.92 Å². The maximum absolute atomic E-state index is 12.7. The molecule has 1 saturated carbocycles. The molecule has 160 valence electrons. The van der Waals surface area contributed by atoms with E-state index in [2.05, 4.69) is 15.6 Å². The fourth-order valence-corrected chi connectivity index (χ4v) is 3.88. The third kappa shape index (κ3) is 5.43. The Morgan fingerprint density at radius 1 is 1.31 bits per heavy atom. The van der Waals surface area contributed by atoms with Crippen molar-refractivity contribution in [2.24, 2.45) is 5.92 Å². The number of epoxide rings is 1. The van der Waals surface area contributed by atoms with Gasteiger partial charge in [-0.1, -0.05) is 31.7 Å². The highest BCUT2D eigenvalue weighted by molar-refractivity contribution is 5.96. The lowest BCUT2D eigenvalue weighted by atomic mass is 9.89. The van der Waals surface area contributed by atoms with Crippen molar-refractivity contribution in [1.82, 2.24) is 15.6 Å². The predicted octanol–water partition coefficient (Wildman–Crippen LogP) is -0.319. The highest BCUT2D eigenvalue weighted by Gasteiger charge is 2.50. The Labute approximate surface area is 168 Å². The molecule has 2 heterocycles. The van der Waals surface area contributed by atoms with Crippen LogP contribution in [-0.2, 0) is 9.53 Å². The second-order valence-electron chi connectivity index (χ2n) is 8.18. The van der Waals surface area contributed by atoms with Crippen LogP contribution in [0.4, 0.5) is 0 Å². The van der Waals surface area contributed by atoms with Crippen LogP contribution in [0.5, 0.6) is 0 Å². The molecule has 0 bridgehead atoms. The monoisotopic (exact) mass is 407 g/mol. The van der Waals surface area contributed by atoms with Crippen molar-refractivity contribution in [3.05, 3.63) is 34.2 Å². The summed E-state index contributed by atoms with van der Waals surface area (Å²) >= 11 is 0. The summed E-state index contributed by atoms with van der Waals surface area (Å²) in [6, 6.07) is 2.34. The normalized spacial score (nSPS) is 24.5. The van der Waals surface area contributed by atoms with Crippen LogP contribution in [-0.4, -0.2) is 64.0 Å². The zero-order chi connectivity index (χ0) is 21.0. The van der Waals surface area contributed by atoms with E-state index in [1.165, 1.54) is 18.2 Å². The number of H-pyrrole nitrogens is 1. The molecule has 4 unspecified atom stereocenters. The van der Waals surface area contributed by atoms with Gasteiger partial charge < -0.3 is 30.6 Å². The summed E-state index contributed by atoms with van der Waals surface area (Å²) in [6.45, 7) is 1.60. The third-order valence-electron chi connectivity index (χ3n) is 5.81. The molecule has 1 aromatic heterocycles. The number of pyridine rings is 1. The Balaban J connectivity index is 1.65. The number of aliphatic hydroxyl groups excluding tert-OH is 2. The first-order valence-electron chi connectivity index (χ1n) is 10.1. The maximum Gasteiger partial charge on any atom is 0.268 e. The molecule has 2 amide bonds. The Morgan fingerprint density at radius 3 is 2.59 bits per heavy atom. The maximum atomic E-state index is 12.7. The summed E-state index contributed by atoms with van der Waals surface area (Å²) in [4.78, 5) is 38.8. The lowest BCUT2D eigenvalue weighted by molar-refractivity contribution is -0.126. The molecule has 9 heteroatoms. The van der Waals surface area contributed by atoms with Gasteiger partial charge in [-0.05, 0) is 25.3 Å². The Kier molecular flexibility index (Phi) is 6.71. The van der Waals surface area contributed by atoms with Crippen LogP contribution in [0.1, 0.15) is 49.5 Å². The number of aromatic amines is 1. The van der Waals surface area contributed by atoms with E-state index in [4.69, 9.17) is 4.74 Å². The fraction of sp³-hybridized carbons (Fsp3) is 0.650. The minimum absolute atomic E-state index is 0.00909. The molecule has 9 nitrogen and oxygen atoms in total. The van der Waals surface area contributed by atoms with Crippen molar-refractivity contribution in [2.75, 3.05) is 13.2 Å². The largest absolute Gasteiger partial charge is 0.394 e. The van der Waals surface area contributed by atoms with Gasteiger partial charge in [-0.2, -0.15) is 0 Å². The van der Waals surface area contributed by atoms with Crippen molar-refractivity contribution >= 4 is 11.8 Å². The molecule has 5 N–H and O–H groups in total. The first-order chi connectivity index (χ1) is 13.8. The Hall–Kier alpha value is -2.23. The second-order valence-corrected chi connectivity index (χ2v) is 8.18. The van der Waals surface area contributed by atoms with Crippen LogP contribution in [0.15, 0.2) is 23.0 Å². The first kappa shape index (κ1) is 21.5. The summed E-state index contributed by atoms with van der Waals surface area (Å²) in [5, 5.41) is 25.6. The van der Waals surface area contributed by atoms with Gasteiger partial charge in [0.05, 0.1) is 19.3 Å². The van der Waals surface area contributed by atoms with E-state index < -0.39 is 47.8 Å². The van der Waals surface area contributed by atoms with E-state index in [0.717, 1.165) is 25.7 Å². The van der Waals surface area contributed by atoms with E-state index in [-0.39, 0.29) is 5.69 Å². The van der Waals surface area contributed by atoms with Crippen molar-refractivity contribution in [1.29, 1.82) is 0 Å². The fourth-order valence-electron chi connectivity index (χ4n) is 3.88. The van der Waals surface area contributed by atoms with Gasteiger partial charge >= 0.3 is 0 Å². The van der Waals surface area contributed by atoms with Crippen molar-refractivity contribution < 1.29 is 24.5 Å². The molecule has 3 rings (SSSR count). The van der Waals surface area contributed by atoms with Crippen molar-refractivity contribution in [3.8, 4) is 0 Å². The average molecular weight is 407 g/mol. The summed E-state index contributed by atoms with van der Waals surface area (Å²) in [6.07, 6.45) is 4.12. The first-order valence-corrected chi connectivity index (χ1v) is 10.1. The number of carbonyl (C=O) groups is 2. The number of hydrogen-bond donors (Lipinski definition) is 5. The molecule has 4 atom stereocenters. The topological polar surface area (TPSA) is 144 Å². The highest BCUT2D eigenvalue weighted by atomic mass is 16.6. The van der Waals surface area contributed by atoms with Crippen LogP contribution in [0, 0.1) is 5.92 Å². The van der Waals surface area contributed by atoms with Crippen LogP contribution in [0.2, 0.25) is 0 Å². The molecule has 0 radical (unpaired) electrons. The molecule has 1 aliphatic heterocycles. The molecular weight excluding hydrogens is 378 g/mol.